The number of aryl methyl sites for hydroxylation is 1. The number of nitrogens with zero attached hydrogens (tertiary/aromatic N) is 1. The minimum absolute atomic E-state index is 0.103. The van der Waals surface area contributed by atoms with E-state index >= 15 is 0 Å². The molecule has 0 aliphatic heterocycles. The Morgan fingerprint density at radius 3 is 2.36 bits per heavy atom. The Kier molecular flexibility index (Phi) is 7.72. The molecule has 1 aliphatic carbocycles. The normalized spacial score (nSPS) is 21.8. The fraction of sp³-hybridized carbons (Fsp3) is 0.650. The Morgan fingerprint density at radius 1 is 1.20 bits per heavy atom. The summed E-state index contributed by atoms with van der Waals surface area (Å²) < 4.78 is 0. The third kappa shape index (κ3) is 6.33. The van der Waals surface area contributed by atoms with E-state index in [0.29, 0.717) is 0 Å². The lowest BCUT2D eigenvalue weighted by atomic mass is 9.86. The summed E-state index contributed by atoms with van der Waals surface area (Å²) in [6, 6.07) is 7.73. The Hall–Kier alpha value is -1.59. The molecule has 0 saturated heterocycles. The monoisotopic (exact) mass is 347 g/mol. The molecule has 1 saturated carbocycles. The SMILES string of the molecule is CCc1ccc(C(CO)NC(=O)NC2CCC(CN(C)C)CC2)cc1. The average Bonchev–Trinajstić information content (AvgIpc) is 2.61. The topological polar surface area (TPSA) is 64.6 Å². The van der Waals surface area contributed by atoms with Gasteiger partial charge in [-0.1, -0.05) is 31.2 Å². The molecule has 2 amide bonds. The van der Waals surface area contributed by atoms with Crippen molar-refractivity contribution in [2.24, 2.45) is 5.92 Å². The van der Waals surface area contributed by atoms with Crippen molar-refractivity contribution in [2.75, 3.05) is 27.2 Å². The lowest BCUT2D eigenvalue weighted by Gasteiger charge is -2.31. The van der Waals surface area contributed by atoms with Crippen LogP contribution in [0.5, 0.6) is 0 Å². The van der Waals surface area contributed by atoms with Crippen LogP contribution >= 0.6 is 0 Å². The first-order valence-corrected chi connectivity index (χ1v) is 9.43. The van der Waals surface area contributed by atoms with Gasteiger partial charge in [0.25, 0.3) is 0 Å². The number of amides is 2. The molecule has 0 heterocycles. The van der Waals surface area contributed by atoms with E-state index in [-0.39, 0.29) is 24.7 Å². The van der Waals surface area contributed by atoms with Crippen LogP contribution in [0.1, 0.15) is 49.8 Å². The summed E-state index contributed by atoms with van der Waals surface area (Å²) in [5.74, 6) is 0.735. The molecule has 0 spiro atoms. The summed E-state index contributed by atoms with van der Waals surface area (Å²) in [4.78, 5) is 14.5. The number of aliphatic hydroxyl groups excluding tert-OH is 1. The quantitative estimate of drug-likeness (QED) is 0.710. The molecule has 3 N–H and O–H groups in total. The van der Waals surface area contributed by atoms with Crippen LogP contribution in [0, 0.1) is 5.92 Å². The van der Waals surface area contributed by atoms with Crippen molar-refractivity contribution < 1.29 is 9.90 Å². The van der Waals surface area contributed by atoms with Crippen molar-refractivity contribution in [1.82, 2.24) is 15.5 Å². The molecule has 1 unspecified atom stereocenters. The van der Waals surface area contributed by atoms with Crippen LogP contribution in [0.15, 0.2) is 24.3 Å². The predicted molar refractivity (Wildman–Crippen MR) is 102 cm³/mol. The van der Waals surface area contributed by atoms with Crippen molar-refractivity contribution >= 4 is 6.03 Å². The molecule has 0 radical (unpaired) electrons. The zero-order valence-electron chi connectivity index (χ0n) is 15.8. The van der Waals surface area contributed by atoms with Crippen molar-refractivity contribution in [2.45, 2.75) is 51.1 Å². The second-order valence-corrected chi connectivity index (χ2v) is 7.43. The van der Waals surface area contributed by atoms with Crippen molar-refractivity contribution in [3.05, 3.63) is 35.4 Å². The second kappa shape index (κ2) is 9.78. The lowest BCUT2D eigenvalue weighted by Crippen LogP contribution is -2.45. The second-order valence-electron chi connectivity index (χ2n) is 7.43. The van der Waals surface area contributed by atoms with Gasteiger partial charge in [-0.2, -0.15) is 0 Å². The van der Waals surface area contributed by atoms with Crippen LogP contribution in [0.2, 0.25) is 0 Å². The van der Waals surface area contributed by atoms with E-state index in [1.165, 1.54) is 5.56 Å². The Morgan fingerprint density at radius 2 is 1.84 bits per heavy atom. The smallest absolute Gasteiger partial charge is 0.315 e. The maximum absolute atomic E-state index is 12.3. The highest BCUT2D eigenvalue weighted by atomic mass is 16.3. The van der Waals surface area contributed by atoms with Crippen molar-refractivity contribution in [3.63, 3.8) is 0 Å². The summed E-state index contributed by atoms with van der Waals surface area (Å²) in [5.41, 5.74) is 2.18. The first kappa shape index (κ1) is 19.7. The average molecular weight is 348 g/mol. The molecule has 1 fully saturated rings. The molecule has 1 atom stereocenters. The minimum Gasteiger partial charge on any atom is -0.394 e. The van der Waals surface area contributed by atoms with Crippen LogP contribution in [-0.2, 0) is 6.42 Å². The molecule has 0 aromatic heterocycles. The van der Waals surface area contributed by atoms with Gasteiger partial charge in [-0.05, 0) is 63.2 Å². The van der Waals surface area contributed by atoms with Gasteiger partial charge in [0, 0.05) is 12.6 Å². The summed E-state index contributed by atoms with van der Waals surface area (Å²) in [6.07, 6.45) is 5.35. The van der Waals surface area contributed by atoms with E-state index in [9.17, 15) is 9.90 Å². The number of rotatable bonds is 7. The van der Waals surface area contributed by atoms with E-state index in [1.807, 2.05) is 24.3 Å². The largest absolute Gasteiger partial charge is 0.394 e. The highest BCUT2D eigenvalue weighted by Gasteiger charge is 2.23. The maximum atomic E-state index is 12.3. The van der Waals surface area contributed by atoms with Gasteiger partial charge in [0.2, 0.25) is 0 Å². The van der Waals surface area contributed by atoms with Crippen LogP contribution in [0.4, 0.5) is 4.79 Å². The van der Waals surface area contributed by atoms with E-state index in [2.05, 4.69) is 36.6 Å². The molecule has 1 aliphatic rings. The van der Waals surface area contributed by atoms with Gasteiger partial charge in [0.05, 0.1) is 12.6 Å². The number of nitrogens with one attached hydrogen (secondary N) is 2. The van der Waals surface area contributed by atoms with E-state index in [4.69, 9.17) is 0 Å². The van der Waals surface area contributed by atoms with Gasteiger partial charge in [0.1, 0.15) is 0 Å². The number of hydrogen-bond acceptors (Lipinski definition) is 3. The summed E-state index contributed by atoms with van der Waals surface area (Å²) in [7, 11) is 4.22. The predicted octanol–water partition coefficient (Wildman–Crippen LogP) is 2.70. The van der Waals surface area contributed by atoms with Crippen LogP contribution in [0.3, 0.4) is 0 Å². The number of aliphatic hydroxyl groups is 1. The minimum atomic E-state index is -0.365. The fourth-order valence-electron chi connectivity index (χ4n) is 3.61. The number of carbonyl (C=O) groups excluding carboxylic acids is 1. The van der Waals surface area contributed by atoms with Gasteiger partial charge in [-0.25, -0.2) is 4.79 Å². The summed E-state index contributed by atoms with van der Waals surface area (Å²) in [5, 5.41) is 15.6. The van der Waals surface area contributed by atoms with E-state index < -0.39 is 0 Å². The highest BCUT2D eigenvalue weighted by molar-refractivity contribution is 5.74. The van der Waals surface area contributed by atoms with Crippen LogP contribution < -0.4 is 10.6 Å². The molecule has 140 valence electrons. The molecular weight excluding hydrogens is 314 g/mol. The zero-order chi connectivity index (χ0) is 18.2. The molecule has 5 heteroatoms. The first-order valence-electron chi connectivity index (χ1n) is 9.43. The third-order valence-electron chi connectivity index (χ3n) is 5.08. The zero-order valence-corrected chi connectivity index (χ0v) is 15.8. The molecule has 25 heavy (non-hydrogen) atoms. The summed E-state index contributed by atoms with van der Waals surface area (Å²) in [6.45, 7) is 3.13. The molecular formula is C20H33N3O2. The van der Waals surface area contributed by atoms with Gasteiger partial charge >= 0.3 is 6.03 Å². The Labute approximate surface area is 151 Å². The van der Waals surface area contributed by atoms with Crippen molar-refractivity contribution in [3.8, 4) is 0 Å². The van der Waals surface area contributed by atoms with E-state index in [1.54, 1.807) is 0 Å². The molecule has 0 bridgehead atoms. The number of urea groups is 1. The number of benzene rings is 1. The van der Waals surface area contributed by atoms with Crippen molar-refractivity contribution in [1.29, 1.82) is 0 Å². The molecule has 1 aromatic carbocycles. The molecule has 5 nitrogen and oxygen atoms in total. The summed E-state index contributed by atoms with van der Waals surface area (Å²) >= 11 is 0. The molecule has 1 aromatic rings. The molecule has 2 rings (SSSR count). The fourth-order valence-corrected chi connectivity index (χ4v) is 3.61. The van der Waals surface area contributed by atoms with Gasteiger partial charge < -0.3 is 20.6 Å². The van der Waals surface area contributed by atoms with Crippen LogP contribution in [-0.4, -0.2) is 49.3 Å². The lowest BCUT2D eigenvalue weighted by molar-refractivity contribution is 0.202. The van der Waals surface area contributed by atoms with Gasteiger partial charge in [-0.3, -0.25) is 0 Å². The standard InChI is InChI=1S/C20H33N3O2/c1-4-15-5-9-17(10-6-15)19(14-24)22-20(25)21-18-11-7-16(8-12-18)13-23(2)3/h5-6,9-10,16,18-19,24H,4,7-8,11-14H2,1-3H3,(H2,21,22,25). The Bertz CT molecular complexity index is 522. The number of hydrogen-bond donors (Lipinski definition) is 3. The number of carbonyl (C=O) groups is 1. The Balaban J connectivity index is 1.80. The third-order valence-corrected chi connectivity index (χ3v) is 5.08. The highest BCUT2D eigenvalue weighted by Crippen LogP contribution is 2.24. The maximum Gasteiger partial charge on any atom is 0.315 e. The van der Waals surface area contributed by atoms with E-state index in [0.717, 1.165) is 50.1 Å². The van der Waals surface area contributed by atoms with Gasteiger partial charge in [0.15, 0.2) is 0 Å². The van der Waals surface area contributed by atoms with Gasteiger partial charge in [-0.15, -0.1) is 0 Å². The van der Waals surface area contributed by atoms with Crippen LogP contribution in [0.25, 0.3) is 0 Å². The first-order chi connectivity index (χ1) is 12.0.